The molecule has 7 heteroatoms. The summed E-state index contributed by atoms with van der Waals surface area (Å²) >= 11 is 0. The largest absolute Gasteiger partial charge is 0.366 e. The van der Waals surface area contributed by atoms with Gasteiger partial charge in [0.2, 0.25) is 0 Å². The van der Waals surface area contributed by atoms with Crippen LogP contribution in [0.2, 0.25) is 0 Å². The van der Waals surface area contributed by atoms with Crippen LogP contribution in [0.5, 0.6) is 0 Å². The summed E-state index contributed by atoms with van der Waals surface area (Å²) in [5.74, 6) is 0.670. The van der Waals surface area contributed by atoms with Crippen molar-refractivity contribution in [3.05, 3.63) is 59.9 Å². The van der Waals surface area contributed by atoms with E-state index in [2.05, 4.69) is 25.9 Å². The van der Waals surface area contributed by atoms with Crippen molar-refractivity contribution < 1.29 is 4.79 Å². The molecule has 1 aliphatic carbocycles. The number of rotatable bonds is 7. The minimum absolute atomic E-state index is 0.124. The molecule has 27 heavy (non-hydrogen) atoms. The van der Waals surface area contributed by atoms with Crippen molar-refractivity contribution in [2.75, 3.05) is 5.32 Å². The smallest absolute Gasteiger partial charge is 0.251 e. The maximum Gasteiger partial charge on any atom is 0.251 e. The average Bonchev–Trinajstić information content (AvgIpc) is 3.40. The number of nitrogens with one attached hydrogen (secondary N) is 2. The molecular formula is C20H22N6O. The van der Waals surface area contributed by atoms with Gasteiger partial charge in [-0.05, 0) is 44.0 Å². The van der Waals surface area contributed by atoms with Crippen LogP contribution in [0.25, 0.3) is 11.3 Å². The maximum absolute atomic E-state index is 12.5. The predicted octanol–water partition coefficient (Wildman–Crippen LogP) is 2.86. The SMILES string of the molecule is CCn1cc(CNC(=O)c2cccc(-c3ccc(NC4CC4)nn3)c2)cn1. The molecule has 1 fully saturated rings. The van der Waals surface area contributed by atoms with Crippen LogP contribution in [-0.4, -0.2) is 31.9 Å². The highest BCUT2D eigenvalue weighted by Crippen LogP contribution is 2.24. The molecule has 3 aromatic rings. The second-order valence-electron chi connectivity index (χ2n) is 6.69. The molecular weight excluding hydrogens is 340 g/mol. The van der Waals surface area contributed by atoms with Crippen LogP contribution in [0.15, 0.2) is 48.8 Å². The molecule has 0 saturated heterocycles. The van der Waals surface area contributed by atoms with Crippen LogP contribution < -0.4 is 10.6 Å². The molecule has 2 aromatic heterocycles. The summed E-state index contributed by atoms with van der Waals surface area (Å²) in [6.45, 7) is 3.29. The van der Waals surface area contributed by atoms with Gasteiger partial charge in [-0.3, -0.25) is 9.48 Å². The highest BCUT2D eigenvalue weighted by molar-refractivity contribution is 5.95. The fraction of sp³-hybridized carbons (Fsp3) is 0.300. The second kappa shape index (κ2) is 7.57. The Balaban J connectivity index is 1.42. The summed E-state index contributed by atoms with van der Waals surface area (Å²) in [6, 6.07) is 11.8. The highest BCUT2D eigenvalue weighted by Gasteiger charge is 2.21. The predicted molar refractivity (Wildman–Crippen MR) is 103 cm³/mol. The van der Waals surface area contributed by atoms with Crippen molar-refractivity contribution in [3.8, 4) is 11.3 Å². The maximum atomic E-state index is 12.5. The third-order valence-electron chi connectivity index (χ3n) is 4.48. The Hall–Kier alpha value is -3.22. The lowest BCUT2D eigenvalue weighted by Crippen LogP contribution is -2.22. The number of hydrogen-bond acceptors (Lipinski definition) is 5. The molecule has 1 aromatic carbocycles. The molecule has 2 N–H and O–H groups in total. The Kier molecular flexibility index (Phi) is 4.82. The van der Waals surface area contributed by atoms with Gasteiger partial charge in [-0.15, -0.1) is 10.2 Å². The van der Waals surface area contributed by atoms with Crippen molar-refractivity contribution in [2.45, 2.75) is 38.9 Å². The third-order valence-corrected chi connectivity index (χ3v) is 4.48. The van der Waals surface area contributed by atoms with Gasteiger partial charge >= 0.3 is 0 Å². The number of hydrogen-bond donors (Lipinski definition) is 2. The van der Waals surface area contributed by atoms with Crippen molar-refractivity contribution in [3.63, 3.8) is 0 Å². The fourth-order valence-electron chi connectivity index (χ4n) is 2.77. The summed E-state index contributed by atoms with van der Waals surface area (Å²) in [4.78, 5) is 12.5. The van der Waals surface area contributed by atoms with E-state index < -0.39 is 0 Å². The van der Waals surface area contributed by atoms with E-state index in [-0.39, 0.29) is 5.91 Å². The van der Waals surface area contributed by atoms with E-state index in [0.29, 0.717) is 18.2 Å². The Bertz CT molecular complexity index is 930. The molecule has 4 rings (SSSR count). The fourth-order valence-corrected chi connectivity index (χ4v) is 2.77. The van der Waals surface area contributed by atoms with Gasteiger partial charge in [0.1, 0.15) is 5.82 Å². The first-order valence-electron chi connectivity index (χ1n) is 9.21. The zero-order valence-electron chi connectivity index (χ0n) is 15.2. The monoisotopic (exact) mass is 362 g/mol. The molecule has 0 bridgehead atoms. The molecule has 0 radical (unpaired) electrons. The number of aryl methyl sites for hydroxylation is 1. The number of nitrogens with zero attached hydrogens (tertiary/aromatic N) is 4. The highest BCUT2D eigenvalue weighted by atomic mass is 16.1. The molecule has 1 amide bonds. The first kappa shape index (κ1) is 17.2. The molecule has 7 nitrogen and oxygen atoms in total. The Morgan fingerprint density at radius 3 is 2.81 bits per heavy atom. The molecule has 0 spiro atoms. The van der Waals surface area contributed by atoms with Crippen molar-refractivity contribution >= 4 is 11.7 Å². The van der Waals surface area contributed by atoms with E-state index in [9.17, 15) is 4.79 Å². The van der Waals surface area contributed by atoms with E-state index in [1.807, 2.05) is 48.1 Å². The van der Waals surface area contributed by atoms with Crippen molar-refractivity contribution in [1.29, 1.82) is 0 Å². The van der Waals surface area contributed by atoms with E-state index in [1.54, 1.807) is 12.3 Å². The van der Waals surface area contributed by atoms with Crippen LogP contribution in [0.4, 0.5) is 5.82 Å². The van der Waals surface area contributed by atoms with Gasteiger partial charge in [-0.1, -0.05) is 12.1 Å². The minimum Gasteiger partial charge on any atom is -0.366 e. The first-order chi connectivity index (χ1) is 13.2. The molecule has 138 valence electrons. The summed E-state index contributed by atoms with van der Waals surface area (Å²) in [6.07, 6.45) is 6.09. The van der Waals surface area contributed by atoms with Gasteiger partial charge in [0.25, 0.3) is 5.91 Å². The number of carbonyl (C=O) groups is 1. The Morgan fingerprint density at radius 1 is 1.22 bits per heavy atom. The number of anilines is 1. The lowest BCUT2D eigenvalue weighted by molar-refractivity contribution is 0.0951. The van der Waals surface area contributed by atoms with Gasteiger partial charge in [0, 0.05) is 42.0 Å². The Morgan fingerprint density at radius 2 is 2.11 bits per heavy atom. The van der Waals surface area contributed by atoms with Gasteiger partial charge in [-0.25, -0.2) is 0 Å². The van der Waals surface area contributed by atoms with Gasteiger partial charge in [-0.2, -0.15) is 5.10 Å². The summed E-state index contributed by atoms with van der Waals surface area (Å²) < 4.78 is 1.84. The van der Waals surface area contributed by atoms with Crippen molar-refractivity contribution in [2.24, 2.45) is 0 Å². The zero-order chi connectivity index (χ0) is 18.6. The first-order valence-corrected chi connectivity index (χ1v) is 9.21. The lowest BCUT2D eigenvalue weighted by atomic mass is 10.1. The minimum atomic E-state index is -0.124. The van der Waals surface area contributed by atoms with E-state index >= 15 is 0 Å². The van der Waals surface area contributed by atoms with Gasteiger partial charge < -0.3 is 10.6 Å². The summed E-state index contributed by atoms with van der Waals surface area (Å²) in [5.41, 5.74) is 3.19. The van der Waals surface area contributed by atoms with Crippen molar-refractivity contribution in [1.82, 2.24) is 25.3 Å². The lowest BCUT2D eigenvalue weighted by Gasteiger charge is -2.07. The molecule has 1 aliphatic rings. The van der Waals surface area contributed by atoms with E-state index in [1.165, 1.54) is 12.8 Å². The van der Waals surface area contributed by atoms with Crippen LogP contribution in [0, 0.1) is 0 Å². The average molecular weight is 362 g/mol. The normalized spacial score (nSPS) is 13.4. The van der Waals surface area contributed by atoms with Gasteiger partial charge in [0.15, 0.2) is 0 Å². The van der Waals surface area contributed by atoms with Crippen LogP contribution in [-0.2, 0) is 13.1 Å². The second-order valence-corrected chi connectivity index (χ2v) is 6.69. The Labute approximate surface area is 157 Å². The number of carbonyl (C=O) groups excluding carboxylic acids is 1. The molecule has 2 heterocycles. The number of amides is 1. The van der Waals surface area contributed by atoms with E-state index in [0.717, 1.165) is 29.2 Å². The molecule has 1 saturated carbocycles. The molecule has 0 atom stereocenters. The quantitative estimate of drug-likeness (QED) is 0.675. The number of benzene rings is 1. The van der Waals surface area contributed by atoms with Gasteiger partial charge in [0.05, 0.1) is 11.9 Å². The topological polar surface area (TPSA) is 84.7 Å². The van der Waals surface area contributed by atoms with Crippen LogP contribution >= 0.6 is 0 Å². The standard InChI is InChI=1S/C20H22N6O/c1-2-26-13-14(12-22-26)11-21-20(27)16-5-3-4-15(10-16)18-8-9-19(25-24-18)23-17-6-7-17/h3-5,8-10,12-13,17H,2,6-7,11H2,1H3,(H,21,27)(H,23,25). The van der Waals surface area contributed by atoms with Crippen LogP contribution in [0.3, 0.4) is 0 Å². The third kappa shape index (κ3) is 4.31. The van der Waals surface area contributed by atoms with Crippen LogP contribution in [0.1, 0.15) is 35.7 Å². The summed E-state index contributed by atoms with van der Waals surface area (Å²) in [5, 5.41) is 19.0. The van der Waals surface area contributed by atoms with E-state index in [4.69, 9.17) is 0 Å². The molecule has 0 unspecified atom stereocenters. The molecule has 0 aliphatic heterocycles. The zero-order valence-corrected chi connectivity index (χ0v) is 15.2. The number of aromatic nitrogens is 4. The summed E-state index contributed by atoms with van der Waals surface area (Å²) in [7, 11) is 0.